The number of carbonyl (C=O) groups excluding carboxylic acids is 2. The van der Waals surface area contributed by atoms with Gasteiger partial charge in [-0.05, 0) is 49.9 Å². The average Bonchev–Trinajstić information content (AvgIpc) is 2.74. The Morgan fingerprint density at radius 3 is 2.45 bits per heavy atom. The SMILES string of the molecule is CCOC(=O)c1ccc(N2CCN(CC)CC2)c(NC(=O)c2cccc(Cl)c2)c1. The van der Waals surface area contributed by atoms with E-state index in [1.54, 1.807) is 43.3 Å². The maximum atomic E-state index is 12.8. The van der Waals surface area contributed by atoms with E-state index in [1.807, 2.05) is 6.07 Å². The van der Waals surface area contributed by atoms with Gasteiger partial charge >= 0.3 is 5.97 Å². The third-order valence-electron chi connectivity index (χ3n) is 5.00. The summed E-state index contributed by atoms with van der Waals surface area (Å²) < 4.78 is 5.11. The summed E-state index contributed by atoms with van der Waals surface area (Å²) in [5, 5.41) is 3.45. The molecule has 1 fully saturated rings. The van der Waals surface area contributed by atoms with Crippen molar-refractivity contribution in [3.8, 4) is 0 Å². The molecule has 0 unspecified atom stereocenters. The van der Waals surface area contributed by atoms with Crippen LogP contribution >= 0.6 is 11.6 Å². The molecule has 0 bridgehead atoms. The molecule has 154 valence electrons. The van der Waals surface area contributed by atoms with E-state index in [0.29, 0.717) is 28.4 Å². The fourth-order valence-corrected chi connectivity index (χ4v) is 3.57. The number of anilines is 2. The van der Waals surface area contributed by atoms with Crippen molar-refractivity contribution in [2.75, 3.05) is 49.5 Å². The first-order chi connectivity index (χ1) is 14.0. The van der Waals surface area contributed by atoms with Crippen molar-refractivity contribution in [1.29, 1.82) is 0 Å². The van der Waals surface area contributed by atoms with Crippen LogP contribution in [0.25, 0.3) is 0 Å². The molecule has 0 saturated carbocycles. The highest BCUT2D eigenvalue weighted by Gasteiger charge is 2.21. The van der Waals surface area contributed by atoms with Gasteiger partial charge in [0.2, 0.25) is 0 Å². The van der Waals surface area contributed by atoms with Gasteiger partial charge < -0.3 is 19.9 Å². The second-order valence-electron chi connectivity index (χ2n) is 6.84. The molecule has 6 nitrogen and oxygen atoms in total. The number of benzene rings is 2. The molecule has 29 heavy (non-hydrogen) atoms. The standard InChI is InChI=1S/C22H26ClN3O3/c1-3-25-10-12-26(13-11-25)20-9-8-17(22(28)29-4-2)15-19(20)24-21(27)16-6-5-7-18(23)14-16/h5-9,14-15H,3-4,10-13H2,1-2H3,(H,24,27). The zero-order chi connectivity index (χ0) is 20.8. The molecule has 0 aliphatic carbocycles. The van der Waals surface area contributed by atoms with Crippen molar-refractivity contribution < 1.29 is 14.3 Å². The Labute approximate surface area is 176 Å². The van der Waals surface area contributed by atoms with E-state index < -0.39 is 5.97 Å². The number of hydrogen-bond donors (Lipinski definition) is 1. The lowest BCUT2D eigenvalue weighted by Gasteiger charge is -2.36. The quantitative estimate of drug-likeness (QED) is 0.725. The molecule has 1 N–H and O–H groups in total. The normalized spacial score (nSPS) is 14.5. The number of carbonyl (C=O) groups is 2. The molecular formula is C22H26ClN3O3. The van der Waals surface area contributed by atoms with Crippen molar-refractivity contribution >= 4 is 34.9 Å². The van der Waals surface area contributed by atoms with Crippen molar-refractivity contribution in [2.45, 2.75) is 13.8 Å². The number of rotatable bonds is 6. The highest BCUT2D eigenvalue weighted by Crippen LogP contribution is 2.29. The third kappa shape index (κ3) is 5.28. The van der Waals surface area contributed by atoms with Crippen LogP contribution in [0.2, 0.25) is 5.02 Å². The van der Waals surface area contributed by atoms with Crippen LogP contribution in [0.4, 0.5) is 11.4 Å². The molecule has 1 aliphatic rings. The molecule has 1 amide bonds. The Morgan fingerprint density at radius 2 is 1.79 bits per heavy atom. The van der Waals surface area contributed by atoms with E-state index in [-0.39, 0.29) is 5.91 Å². The van der Waals surface area contributed by atoms with Crippen LogP contribution in [0.15, 0.2) is 42.5 Å². The monoisotopic (exact) mass is 415 g/mol. The Kier molecular flexibility index (Phi) is 7.12. The van der Waals surface area contributed by atoms with Crippen LogP contribution in [0.1, 0.15) is 34.6 Å². The molecule has 2 aromatic carbocycles. The highest BCUT2D eigenvalue weighted by molar-refractivity contribution is 6.31. The smallest absolute Gasteiger partial charge is 0.338 e. The molecule has 3 rings (SSSR count). The van der Waals surface area contributed by atoms with E-state index >= 15 is 0 Å². The fourth-order valence-electron chi connectivity index (χ4n) is 3.38. The second kappa shape index (κ2) is 9.76. The van der Waals surface area contributed by atoms with E-state index in [1.165, 1.54) is 0 Å². The largest absolute Gasteiger partial charge is 0.462 e. The van der Waals surface area contributed by atoms with Gasteiger partial charge in [0.05, 0.1) is 23.5 Å². The lowest BCUT2D eigenvalue weighted by molar-refractivity contribution is 0.0526. The lowest BCUT2D eigenvalue weighted by atomic mass is 10.1. The van der Waals surface area contributed by atoms with Crippen molar-refractivity contribution in [1.82, 2.24) is 4.90 Å². The van der Waals surface area contributed by atoms with Gasteiger partial charge in [0.25, 0.3) is 5.91 Å². The molecule has 0 atom stereocenters. The van der Waals surface area contributed by atoms with Crippen LogP contribution in [0, 0.1) is 0 Å². The molecule has 1 saturated heterocycles. The summed E-state index contributed by atoms with van der Waals surface area (Å²) in [6.45, 7) is 8.86. The van der Waals surface area contributed by atoms with Gasteiger partial charge in [0.1, 0.15) is 0 Å². The predicted octanol–water partition coefficient (Wildman–Crippen LogP) is 3.91. The van der Waals surface area contributed by atoms with Gasteiger partial charge in [0, 0.05) is 36.8 Å². The van der Waals surface area contributed by atoms with Crippen LogP contribution in [-0.4, -0.2) is 56.1 Å². The summed E-state index contributed by atoms with van der Waals surface area (Å²) >= 11 is 6.02. The summed E-state index contributed by atoms with van der Waals surface area (Å²) in [5.41, 5.74) is 2.35. The zero-order valence-corrected chi connectivity index (χ0v) is 17.5. The maximum absolute atomic E-state index is 12.8. The number of halogens is 1. The minimum Gasteiger partial charge on any atom is -0.462 e. The topological polar surface area (TPSA) is 61.9 Å². The maximum Gasteiger partial charge on any atom is 0.338 e. The van der Waals surface area contributed by atoms with Gasteiger partial charge in [-0.1, -0.05) is 24.6 Å². The molecule has 0 radical (unpaired) electrons. The summed E-state index contributed by atoms with van der Waals surface area (Å²) in [5.74, 6) is -0.685. The highest BCUT2D eigenvalue weighted by atomic mass is 35.5. The van der Waals surface area contributed by atoms with Crippen LogP contribution < -0.4 is 10.2 Å². The Morgan fingerprint density at radius 1 is 1.03 bits per heavy atom. The molecule has 7 heteroatoms. The van der Waals surface area contributed by atoms with Crippen molar-refractivity contribution in [3.63, 3.8) is 0 Å². The zero-order valence-electron chi connectivity index (χ0n) is 16.8. The van der Waals surface area contributed by atoms with Crippen LogP contribution in [0.3, 0.4) is 0 Å². The average molecular weight is 416 g/mol. The third-order valence-corrected chi connectivity index (χ3v) is 5.24. The molecule has 2 aromatic rings. The van der Waals surface area contributed by atoms with Crippen molar-refractivity contribution in [3.05, 3.63) is 58.6 Å². The fraction of sp³-hybridized carbons (Fsp3) is 0.364. The Balaban J connectivity index is 1.89. The number of nitrogens with one attached hydrogen (secondary N) is 1. The molecule has 0 spiro atoms. The number of ether oxygens (including phenoxy) is 1. The summed E-state index contributed by atoms with van der Waals surface area (Å²) in [7, 11) is 0. The van der Waals surface area contributed by atoms with Gasteiger partial charge in [-0.3, -0.25) is 4.79 Å². The van der Waals surface area contributed by atoms with E-state index in [0.717, 1.165) is 38.4 Å². The number of amides is 1. The first-order valence-electron chi connectivity index (χ1n) is 9.87. The number of esters is 1. The number of likely N-dealkylation sites (N-methyl/N-ethyl adjacent to an activating group) is 1. The Bertz CT molecular complexity index is 879. The molecular weight excluding hydrogens is 390 g/mol. The summed E-state index contributed by atoms with van der Waals surface area (Å²) in [6.07, 6.45) is 0. The van der Waals surface area contributed by atoms with Gasteiger partial charge in [-0.15, -0.1) is 0 Å². The lowest BCUT2D eigenvalue weighted by Crippen LogP contribution is -2.46. The predicted molar refractivity (Wildman–Crippen MR) is 116 cm³/mol. The first kappa shape index (κ1) is 21.1. The molecule has 0 aromatic heterocycles. The number of nitrogens with zero attached hydrogens (tertiary/aromatic N) is 2. The first-order valence-corrected chi connectivity index (χ1v) is 10.2. The van der Waals surface area contributed by atoms with E-state index in [4.69, 9.17) is 16.3 Å². The summed E-state index contributed by atoms with van der Waals surface area (Å²) in [6, 6.07) is 12.1. The number of hydrogen-bond acceptors (Lipinski definition) is 5. The van der Waals surface area contributed by atoms with E-state index in [2.05, 4.69) is 22.0 Å². The Hall–Kier alpha value is -2.57. The van der Waals surface area contributed by atoms with Crippen LogP contribution in [0.5, 0.6) is 0 Å². The van der Waals surface area contributed by atoms with E-state index in [9.17, 15) is 9.59 Å². The van der Waals surface area contributed by atoms with Crippen molar-refractivity contribution in [2.24, 2.45) is 0 Å². The number of piperazine rings is 1. The van der Waals surface area contributed by atoms with Crippen LogP contribution in [-0.2, 0) is 4.74 Å². The van der Waals surface area contributed by atoms with Gasteiger partial charge in [0.15, 0.2) is 0 Å². The minimum absolute atomic E-state index is 0.276. The van der Waals surface area contributed by atoms with Gasteiger partial charge in [-0.2, -0.15) is 0 Å². The molecule has 1 aliphatic heterocycles. The summed E-state index contributed by atoms with van der Waals surface area (Å²) in [4.78, 5) is 29.6. The second-order valence-corrected chi connectivity index (χ2v) is 7.27. The molecule has 1 heterocycles. The van der Waals surface area contributed by atoms with Gasteiger partial charge in [-0.25, -0.2) is 4.79 Å². The minimum atomic E-state index is -0.409.